The van der Waals surface area contributed by atoms with Crippen molar-refractivity contribution in [3.63, 3.8) is 0 Å². The van der Waals surface area contributed by atoms with Gasteiger partial charge in [-0.25, -0.2) is 0 Å². The normalized spacial score (nSPS) is 11.3. The van der Waals surface area contributed by atoms with Crippen LogP contribution in [0.5, 0.6) is 5.75 Å². The van der Waals surface area contributed by atoms with Gasteiger partial charge in [0.2, 0.25) is 0 Å². The number of hydrogen-bond acceptors (Lipinski definition) is 3. The monoisotopic (exact) mass is 342 g/mol. The van der Waals surface area contributed by atoms with Crippen LogP contribution in [-0.2, 0) is 6.54 Å². The molecule has 0 aliphatic heterocycles. The van der Waals surface area contributed by atoms with Crippen LogP contribution in [0.3, 0.4) is 0 Å². The van der Waals surface area contributed by atoms with Gasteiger partial charge in [0.25, 0.3) is 0 Å². The molecule has 4 heteroatoms. The largest absolute Gasteiger partial charge is 0.491 e. The summed E-state index contributed by atoms with van der Waals surface area (Å²) in [5.41, 5.74) is 1.20. The number of likely N-dealkylation sites (N-methyl/N-ethyl adjacent to an activating group) is 1. The van der Waals surface area contributed by atoms with Crippen molar-refractivity contribution in [2.24, 2.45) is 0 Å². The van der Waals surface area contributed by atoms with Crippen molar-refractivity contribution in [2.45, 2.75) is 40.3 Å². The second-order valence-corrected chi connectivity index (χ2v) is 6.04. The van der Waals surface area contributed by atoms with Crippen LogP contribution >= 0.6 is 15.9 Å². The van der Waals surface area contributed by atoms with Crippen molar-refractivity contribution in [3.05, 3.63) is 28.2 Å². The van der Waals surface area contributed by atoms with Gasteiger partial charge in [0, 0.05) is 29.7 Å². The lowest BCUT2D eigenvalue weighted by Crippen LogP contribution is -2.31. The van der Waals surface area contributed by atoms with Crippen LogP contribution in [-0.4, -0.2) is 37.2 Å². The van der Waals surface area contributed by atoms with Crippen molar-refractivity contribution in [1.82, 2.24) is 10.2 Å². The molecule has 0 atom stereocenters. The van der Waals surface area contributed by atoms with Crippen LogP contribution < -0.4 is 10.1 Å². The van der Waals surface area contributed by atoms with Crippen LogP contribution in [0.25, 0.3) is 0 Å². The van der Waals surface area contributed by atoms with Crippen molar-refractivity contribution >= 4 is 15.9 Å². The highest BCUT2D eigenvalue weighted by atomic mass is 79.9. The van der Waals surface area contributed by atoms with Crippen molar-refractivity contribution in [1.29, 1.82) is 0 Å². The van der Waals surface area contributed by atoms with E-state index in [0.29, 0.717) is 0 Å². The van der Waals surface area contributed by atoms with Crippen LogP contribution in [0.1, 0.15) is 33.3 Å². The Morgan fingerprint density at radius 1 is 1.25 bits per heavy atom. The molecule has 0 aromatic heterocycles. The first-order valence-corrected chi connectivity index (χ1v) is 8.24. The quantitative estimate of drug-likeness (QED) is 0.693. The molecular weight excluding hydrogens is 316 g/mol. The summed E-state index contributed by atoms with van der Waals surface area (Å²) >= 11 is 3.53. The Hall–Kier alpha value is -0.580. The van der Waals surface area contributed by atoms with Crippen molar-refractivity contribution in [2.75, 3.05) is 26.2 Å². The Kier molecular flexibility index (Phi) is 8.19. The van der Waals surface area contributed by atoms with Crippen LogP contribution in [0.15, 0.2) is 22.7 Å². The summed E-state index contributed by atoms with van der Waals surface area (Å²) in [5.74, 6) is 0.971. The van der Waals surface area contributed by atoms with Gasteiger partial charge in [-0.15, -0.1) is 0 Å². The van der Waals surface area contributed by atoms with Gasteiger partial charge in [-0.05, 0) is 45.1 Å². The number of rotatable bonds is 9. The summed E-state index contributed by atoms with van der Waals surface area (Å²) in [4.78, 5) is 2.42. The van der Waals surface area contributed by atoms with Crippen molar-refractivity contribution in [3.8, 4) is 5.75 Å². The van der Waals surface area contributed by atoms with E-state index in [1.54, 1.807) is 0 Å². The fourth-order valence-corrected chi connectivity index (χ4v) is 2.46. The lowest BCUT2D eigenvalue weighted by atomic mass is 10.2. The predicted octanol–water partition coefficient (Wildman–Crippen LogP) is 3.67. The third-order valence-corrected chi connectivity index (χ3v) is 3.69. The average molecular weight is 343 g/mol. The summed E-state index contributed by atoms with van der Waals surface area (Å²) in [6.07, 6.45) is 0.200. The van der Waals surface area contributed by atoms with Gasteiger partial charge in [0.1, 0.15) is 5.75 Å². The minimum Gasteiger partial charge on any atom is -0.491 e. The first kappa shape index (κ1) is 17.5. The van der Waals surface area contributed by atoms with Gasteiger partial charge in [-0.1, -0.05) is 29.8 Å². The summed E-state index contributed by atoms with van der Waals surface area (Å²) in [5, 5.41) is 3.50. The van der Waals surface area contributed by atoms with E-state index in [9.17, 15) is 0 Å². The highest BCUT2D eigenvalue weighted by molar-refractivity contribution is 9.10. The zero-order chi connectivity index (χ0) is 15.0. The third kappa shape index (κ3) is 6.25. The molecular formula is C16H27BrN2O. The molecule has 0 saturated carbocycles. The molecule has 1 aromatic rings. The predicted molar refractivity (Wildman–Crippen MR) is 89.4 cm³/mol. The molecule has 0 spiro atoms. The molecule has 1 N–H and O–H groups in total. The van der Waals surface area contributed by atoms with Crippen molar-refractivity contribution < 1.29 is 4.74 Å². The first-order chi connectivity index (χ1) is 9.56. The molecule has 1 aromatic carbocycles. The van der Waals surface area contributed by atoms with Gasteiger partial charge in [-0.3, -0.25) is 0 Å². The number of nitrogens with one attached hydrogen (secondary N) is 1. The second kappa shape index (κ2) is 9.37. The number of nitrogens with zero attached hydrogens (tertiary/aromatic N) is 1. The highest BCUT2D eigenvalue weighted by Gasteiger charge is 2.06. The third-order valence-electron chi connectivity index (χ3n) is 3.20. The van der Waals surface area contributed by atoms with Crippen LogP contribution in [0.4, 0.5) is 0 Å². The van der Waals surface area contributed by atoms with Gasteiger partial charge < -0.3 is 15.0 Å². The van der Waals surface area contributed by atoms with E-state index in [-0.39, 0.29) is 6.10 Å². The number of benzene rings is 1. The van der Waals surface area contributed by atoms with E-state index in [1.165, 1.54) is 5.56 Å². The Labute approximate surface area is 131 Å². The molecule has 1 rings (SSSR count). The van der Waals surface area contributed by atoms with E-state index >= 15 is 0 Å². The van der Waals surface area contributed by atoms with Gasteiger partial charge in [-0.2, -0.15) is 0 Å². The lowest BCUT2D eigenvalue weighted by molar-refractivity contribution is 0.239. The van der Waals surface area contributed by atoms with Gasteiger partial charge >= 0.3 is 0 Å². The molecule has 0 unspecified atom stereocenters. The lowest BCUT2D eigenvalue weighted by Gasteiger charge is -2.19. The summed E-state index contributed by atoms with van der Waals surface area (Å²) in [6.45, 7) is 13.6. The molecule has 0 saturated heterocycles. The smallest absolute Gasteiger partial charge is 0.124 e. The summed E-state index contributed by atoms with van der Waals surface area (Å²) < 4.78 is 6.94. The van der Waals surface area contributed by atoms with E-state index in [1.807, 2.05) is 12.1 Å². The van der Waals surface area contributed by atoms with E-state index in [4.69, 9.17) is 4.74 Å². The zero-order valence-corrected chi connectivity index (χ0v) is 14.7. The van der Waals surface area contributed by atoms with E-state index < -0.39 is 0 Å². The van der Waals surface area contributed by atoms with Gasteiger partial charge in [0.15, 0.2) is 0 Å². The Morgan fingerprint density at radius 3 is 2.55 bits per heavy atom. The molecule has 0 bridgehead atoms. The fourth-order valence-electron chi connectivity index (χ4n) is 2.06. The maximum atomic E-state index is 5.85. The Balaban J connectivity index is 2.51. The molecule has 0 heterocycles. The number of hydrogen-bond donors (Lipinski definition) is 1. The summed E-state index contributed by atoms with van der Waals surface area (Å²) in [6, 6.07) is 6.19. The zero-order valence-electron chi connectivity index (χ0n) is 13.1. The molecule has 0 aliphatic rings. The van der Waals surface area contributed by atoms with Gasteiger partial charge in [0.05, 0.1) is 6.10 Å². The summed E-state index contributed by atoms with van der Waals surface area (Å²) in [7, 11) is 0. The molecule has 0 aliphatic carbocycles. The fraction of sp³-hybridized carbons (Fsp3) is 0.625. The van der Waals surface area contributed by atoms with Crippen LogP contribution in [0.2, 0.25) is 0 Å². The molecule has 114 valence electrons. The maximum absolute atomic E-state index is 5.85. The molecule has 0 amide bonds. The minimum absolute atomic E-state index is 0.200. The second-order valence-electron chi connectivity index (χ2n) is 5.12. The van der Waals surface area contributed by atoms with E-state index in [2.05, 4.69) is 59.9 Å². The standard InChI is InChI=1S/C16H27BrN2O/c1-5-19(6-2)10-9-18-12-14-11-15(17)7-8-16(14)20-13(3)4/h7-8,11,13,18H,5-6,9-10,12H2,1-4H3. The minimum atomic E-state index is 0.200. The Morgan fingerprint density at radius 2 is 1.95 bits per heavy atom. The molecule has 0 radical (unpaired) electrons. The topological polar surface area (TPSA) is 24.5 Å². The highest BCUT2D eigenvalue weighted by Crippen LogP contribution is 2.24. The molecule has 0 fully saturated rings. The first-order valence-electron chi connectivity index (χ1n) is 7.45. The molecule has 3 nitrogen and oxygen atoms in total. The Bertz CT molecular complexity index is 392. The SMILES string of the molecule is CCN(CC)CCNCc1cc(Br)ccc1OC(C)C. The van der Waals surface area contributed by atoms with E-state index in [0.717, 1.165) is 42.9 Å². The number of ether oxygens (including phenoxy) is 1. The maximum Gasteiger partial charge on any atom is 0.124 e. The van der Waals surface area contributed by atoms with Crippen LogP contribution in [0, 0.1) is 0 Å². The number of halogens is 1. The molecule has 20 heavy (non-hydrogen) atoms. The average Bonchev–Trinajstić information content (AvgIpc) is 2.41.